The molecule has 0 unspecified atom stereocenters. The van der Waals surface area contributed by atoms with Crippen LogP contribution < -0.4 is 14.8 Å². The third-order valence-corrected chi connectivity index (χ3v) is 4.79. The number of thioether (sulfide) groups is 1. The Bertz CT molecular complexity index is 599. The Labute approximate surface area is 138 Å². The molecular formula is C16H19NO3S2. The highest BCUT2D eigenvalue weighted by molar-refractivity contribution is 7.98. The second-order valence-corrected chi connectivity index (χ2v) is 6.39. The number of carbonyl (C=O) groups excluding carboxylic acids is 1. The van der Waals surface area contributed by atoms with Gasteiger partial charge < -0.3 is 14.8 Å². The van der Waals surface area contributed by atoms with Crippen LogP contribution in [0.1, 0.15) is 15.9 Å². The van der Waals surface area contributed by atoms with Crippen molar-refractivity contribution in [2.24, 2.45) is 0 Å². The maximum absolute atomic E-state index is 12.2. The van der Waals surface area contributed by atoms with E-state index < -0.39 is 0 Å². The van der Waals surface area contributed by atoms with Gasteiger partial charge in [0.05, 0.1) is 19.8 Å². The largest absolute Gasteiger partial charge is 0.497 e. The van der Waals surface area contributed by atoms with E-state index in [1.807, 2.05) is 0 Å². The van der Waals surface area contributed by atoms with Crippen LogP contribution in [-0.4, -0.2) is 32.4 Å². The van der Waals surface area contributed by atoms with Gasteiger partial charge in [-0.05, 0) is 40.6 Å². The molecule has 118 valence electrons. The molecule has 0 aliphatic heterocycles. The lowest BCUT2D eigenvalue weighted by Gasteiger charge is -2.10. The van der Waals surface area contributed by atoms with Crippen molar-refractivity contribution in [3.8, 4) is 11.5 Å². The minimum Gasteiger partial charge on any atom is -0.497 e. The molecule has 1 N–H and O–H groups in total. The van der Waals surface area contributed by atoms with Crippen LogP contribution in [0.4, 0.5) is 0 Å². The molecule has 1 amide bonds. The van der Waals surface area contributed by atoms with Gasteiger partial charge in [0, 0.05) is 18.1 Å². The zero-order valence-corrected chi connectivity index (χ0v) is 14.3. The van der Waals surface area contributed by atoms with E-state index in [1.54, 1.807) is 55.5 Å². The SMILES string of the molecule is COc1ccc(OC)c(C(=O)NCCSCc2ccsc2)c1. The maximum atomic E-state index is 12.2. The monoisotopic (exact) mass is 337 g/mol. The number of hydrogen-bond donors (Lipinski definition) is 1. The lowest BCUT2D eigenvalue weighted by Crippen LogP contribution is -2.26. The molecule has 1 aromatic carbocycles. The molecule has 0 aliphatic rings. The first-order valence-corrected chi connectivity index (χ1v) is 8.93. The van der Waals surface area contributed by atoms with Crippen LogP contribution in [0.25, 0.3) is 0 Å². The summed E-state index contributed by atoms with van der Waals surface area (Å²) in [5.41, 5.74) is 1.82. The Morgan fingerprint density at radius 2 is 2.14 bits per heavy atom. The summed E-state index contributed by atoms with van der Waals surface area (Å²) in [7, 11) is 3.12. The van der Waals surface area contributed by atoms with E-state index in [9.17, 15) is 4.79 Å². The lowest BCUT2D eigenvalue weighted by molar-refractivity contribution is 0.0953. The van der Waals surface area contributed by atoms with Crippen LogP contribution in [0.15, 0.2) is 35.0 Å². The van der Waals surface area contributed by atoms with Crippen molar-refractivity contribution in [3.63, 3.8) is 0 Å². The normalized spacial score (nSPS) is 10.3. The van der Waals surface area contributed by atoms with Gasteiger partial charge in [-0.1, -0.05) is 0 Å². The highest BCUT2D eigenvalue weighted by Crippen LogP contribution is 2.23. The predicted molar refractivity (Wildman–Crippen MR) is 92.4 cm³/mol. The average Bonchev–Trinajstić information content (AvgIpc) is 3.07. The molecule has 22 heavy (non-hydrogen) atoms. The Kier molecular flexibility index (Phi) is 6.61. The van der Waals surface area contributed by atoms with Gasteiger partial charge in [-0.25, -0.2) is 0 Å². The molecule has 0 fully saturated rings. The van der Waals surface area contributed by atoms with Gasteiger partial charge in [0.2, 0.25) is 0 Å². The van der Waals surface area contributed by atoms with E-state index in [0.717, 1.165) is 11.5 Å². The smallest absolute Gasteiger partial charge is 0.255 e. The van der Waals surface area contributed by atoms with Crippen LogP contribution >= 0.6 is 23.1 Å². The van der Waals surface area contributed by atoms with Crippen molar-refractivity contribution in [2.45, 2.75) is 5.75 Å². The minimum absolute atomic E-state index is 0.146. The summed E-state index contributed by atoms with van der Waals surface area (Å²) < 4.78 is 10.4. The quantitative estimate of drug-likeness (QED) is 0.750. The van der Waals surface area contributed by atoms with Crippen molar-refractivity contribution in [2.75, 3.05) is 26.5 Å². The molecule has 0 radical (unpaired) electrons. The first kappa shape index (κ1) is 16.7. The molecule has 0 aliphatic carbocycles. The molecular weight excluding hydrogens is 318 g/mol. The first-order chi connectivity index (χ1) is 10.7. The Morgan fingerprint density at radius 3 is 2.82 bits per heavy atom. The standard InChI is InChI=1S/C16H19NO3S2/c1-19-13-3-4-15(20-2)14(9-13)16(18)17-6-8-22-11-12-5-7-21-10-12/h3-5,7,9-10H,6,8,11H2,1-2H3,(H,17,18). The van der Waals surface area contributed by atoms with Crippen LogP contribution in [0, 0.1) is 0 Å². The van der Waals surface area contributed by atoms with E-state index in [4.69, 9.17) is 9.47 Å². The fourth-order valence-electron chi connectivity index (χ4n) is 1.89. The van der Waals surface area contributed by atoms with Crippen LogP contribution in [-0.2, 0) is 5.75 Å². The second kappa shape index (κ2) is 8.70. The van der Waals surface area contributed by atoms with Crippen molar-refractivity contribution in [3.05, 3.63) is 46.2 Å². The Morgan fingerprint density at radius 1 is 1.27 bits per heavy atom. The van der Waals surface area contributed by atoms with Crippen molar-refractivity contribution >= 4 is 29.0 Å². The predicted octanol–water partition coefficient (Wildman–Crippen LogP) is 3.43. The number of amides is 1. The molecule has 2 rings (SSSR count). The van der Waals surface area contributed by atoms with Gasteiger partial charge in [0.25, 0.3) is 5.91 Å². The molecule has 0 atom stereocenters. The molecule has 1 heterocycles. The molecule has 6 heteroatoms. The minimum atomic E-state index is -0.146. The van der Waals surface area contributed by atoms with Crippen LogP contribution in [0.2, 0.25) is 0 Å². The Hall–Kier alpha value is -1.66. The fourth-order valence-corrected chi connectivity index (χ4v) is 3.47. The van der Waals surface area contributed by atoms with Gasteiger partial charge in [0.1, 0.15) is 11.5 Å². The molecule has 0 saturated carbocycles. The zero-order chi connectivity index (χ0) is 15.8. The van der Waals surface area contributed by atoms with E-state index in [-0.39, 0.29) is 5.91 Å². The van der Waals surface area contributed by atoms with Crippen LogP contribution in [0.3, 0.4) is 0 Å². The molecule has 0 spiro atoms. The van der Waals surface area contributed by atoms with Crippen molar-refractivity contribution in [1.29, 1.82) is 0 Å². The summed E-state index contributed by atoms with van der Waals surface area (Å²) in [5, 5.41) is 7.13. The number of rotatable bonds is 8. The van der Waals surface area contributed by atoms with Crippen molar-refractivity contribution < 1.29 is 14.3 Å². The van der Waals surface area contributed by atoms with Gasteiger partial charge in [-0.2, -0.15) is 23.1 Å². The summed E-state index contributed by atoms with van der Waals surface area (Å²) in [4.78, 5) is 12.2. The molecule has 1 aromatic heterocycles. The van der Waals surface area contributed by atoms with Gasteiger partial charge in [-0.15, -0.1) is 0 Å². The van der Waals surface area contributed by atoms with Gasteiger partial charge in [-0.3, -0.25) is 4.79 Å². The number of thiophene rings is 1. The summed E-state index contributed by atoms with van der Waals surface area (Å²) >= 11 is 3.51. The summed E-state index contributed by atoms with van der Waals surface area (Å²) in [6.07, 6.45) is 0. The molecule has 0 saturated heterocycles. The highest BCUT2D eigenvalue weighted by Gasteiger charge is 2.13. The molecule has 2 aromatic rings. The topological polar surface area (TPSA) is 47.6 Å². The van der Waals surface area contributed by atoms with E-state index in [1.165, 1.54) is 5.56 Å². The first-order valence-electron chi connectivity index (χ1n) is 6.83. The molecule has 4 nitrogen and oxygen atoms in total. The third kappa shape index (κ3) is 4.68. The zero-order valence-electron chi connectivity index (χ0n) is 12.6. The number of ether oxygens (including phenoxy) is 2. The van der Waals surface area contributed by atoms with Crippen LogP contribution in [0.5, 0.6) is 11.5 Å². The lowest BCUT2D eigenvalue weighted by atomic mass is 10.1. The highest BCUT2D eigenvalue weighted by atomic mass is 32.2. The summed E-state index contributed by atoms with van der Waals surface area (Å²) in [6, 6.07) is 7.31. The number of benzene rings is 1. The molecule has 0 bridgehead atoms. The third-order valence-electron chi connectivity index (χ3n) is 3.03. The van der Waals surface area contributed by atoms with Crippen molar-refractivity contribution in [1.82, 2.24) is 5.32 Å². The maximum Gasteiger partial charge on any atom is 0.255 e. The average molecular weight is 337 g/mol. The second-order valence-electron chi connectivity index (χ2n) is 4.51. The number of carbonyl (C=O) groups is 1. The summed E-state index contributed by atoms with van der Waals surface area (Å²) in [5.74, 6) is 2.88. The number of nitrogens with one attached hydrogen (secondary N) is 1. The Balaban J connectivity index is 1.81. The summed E-state index contributed by atoms with van der Waals surface area (Å²) in [6.45, 7) is 0.619. The fraction of sp³-hybridized carbons (Fsp3) is 0.312. The number of methoxy groups -OCH3 is 2. The van der Waals surface area contributed by atoms with Gasteiger partial charge >= 0.3 is 0 Å². The van der Waals surface area contributed by atoms with E-state index >= 15 is 0 Å². The van der Waals surface area contributed by atoms with E-state index in [2.05, 4.69) is 22.1 Å². The van der Waals surface area contributed by atoms with Gasteiger partial charge in [0.15, 0.2) is 0 Å². The van der Waals surface area contributed by atoms with E-state index in [0.29, 0.717) is 23.6 Å². The number of hydrogen-bond acceptors (Lipinski definition) is 5.